The maximum Gasteiger partial charge on any atom is 0.144 e. The molecule has 0 aliphatic heterocycles. The number of ether oxygens (including phenoxy) is 1. The molecule has 20 heavy (non-hydrogen) atoms. The number of nitrogens with one attached hydrogen (secondary N) is 1. The molecule has 0 amide bonds. The molecule has 1 unspecified atom stereocenters. The van der Waals surface area contributed by atoms with Crippen molar-refractivity contribution in [2.75, 3.05) is 24.2 Å². The molecule has 2 rings (SSSR count). The van der Waals surface area contributed by atoms with Crippen molar-refractivity contribution in [3.63, 3.8) is 0 Å². The van der Waals surface area contributed by atoms with Gasteiger partial charge >= 0.3 is 0 Å². The molecule has 3 heteroatoms. The molecule has 0 spiro atoms. The summed E-state index contributed by atoms with van der Waals surface area (Å²) in [7, 11) is 0. The van der Waals surface area contributed by atoms with Gasteiger partial charge in [-0.05, 0) is 30.5 Å². The average Bonchev–Trinajstić information content (AvgIpc) is 2.49. The van der Waals surface area contributed by atoms with Crippen LogP contribution < -0.4 is 15.8 Å². The van der Waals surface area contributed by atoms with Crippen molar-refractivity contribution in [3.8, 4) is 5.75 Å². The van der Waals surface area contributed by atoms with E-state index in [1.165, 1.54) is 5.56 Å². The number of benzene rings is 2. The van der Waals surface area contributed by atoms with Crippen LogP contribution in [0.2, 0.25) is 0 Å². The summed E-state index contributed by atoms with van der Waals surface area (Å²) in [6.07, 6.45) is 0. The van der Waals surface area contributed by atoms with Gasteiger partial charge in [0.25, 0.3) is 0 Å². The summed E-state index contributed by atoms with van der Waals surface area (Å²) in [6, 6.07) is 16.3. The Morgan fingerprint density at radius 3 is 2.55 bits per heavy atom. The zero-order valence-electron chi connectivity index (χ0n) is 12.1. The Hall–Kier alpha value is -2.16. The van der Waals surface area contributed by atoms with E-state index in [-0.39, 0.29) is 0 Å². The molecule has 0 radical (unpaired) electrons. The molecule has 3 N–H and O–H groups in total. The Bertz CT molecular complexity index is 540. The predicted molar refractivity (Wildman–Crippen MR) is 85.4 cm³/mol. The second-order valence-electron chi connectivity index (χ2n) is 4.84. The number of rotatable bonds is 6. The molecule has 0 bridgehead atoms. The summed E-state index contributed by atoms with van der Waals surface area (Å²) < 4.78 is 5.50. The van der Waals surface area contributed by atoms with Gasteiger partial charge in [-0.1, -0.05) is 43.3 Å². The second kappa shape index (κ2) is 6.85. The molecular weight excluding hydrogens is 248 g/mol. The van der Waals surface area contributed by atoms with E-state index in [0.717, 1.165) is 18.0 Å². The fourth-order valence-electron chi connectivity index (χ4n) is 2.14. The van der Waals surface area contributed by atoms with Crippen LogP contribution in [0.3, 0.4) is 0 Å². The monoisotopic (exact) mass is 270 g/mol. The molecule has 106 valence electrons. The smallest absolute Gasteiger partial charge is 0.144 e. The Morgan fingerprint density at radius 1 is 1.10 bits per heavy atom. The summed E-state index contributed by atoms with van der Waals surface area (Å²) in [6.45, 7) is 5.61. The highest BCUT2D eigenvalue weighted by Gasteiger charge is 2.08. The van der Waals surface area contributed by atoms with Crippen LogP contribution in [0.4, 0.5) is 11.4 Å². The quantitative estimate of drug-likeness (QED) is 0.783. The van der Waals surface area contributed by atoms with Crippen LogP contribution in [-0.2, 0) is 0 Å². The molecule has 0 heterocycles. The minimum Gasteiger partial charge on any atom is -0.492 e. The lowest BCUT2D eigenvalue weighted by atomic mass is 10.0. The molecule has 0 aliphatic carbocycles. The summed E-state index contributed by atoms with van der Waals surface area (Å²) in [5.74, 6) is 1.16. The predicted octanol–water partition coefficient (Wildman–Crippen LogP) is 3.88. The molecule has 0 aliphatic rings. The summed E-state index contributed by atoms with van der Waals surface area (Å²) in [5, 5.41) is 3.40. The highest BCUT2D eigenvalue weighted by atomic mass is 16.5. The van der Waals surface area contributed by atoms with Crippen LogP contribution in [0.5, 0.6) is 5.75 Å². The van der Waals surface area contributed by atoms with E-state index in [2.05, 4.69) is 36.5 Å². The molecule has 2 aromatic rings. The van der Waals surface area contributed by atoms with E-state index >= 15 is 0 Å². The van der Waals surface area contributed by atoms with Crippen molar-refractivity contribution in [1.29, 1.82) is 0 Å². The Morgan fingerprint density at radius 2 is 1.85 bits per heavy atom. The zero-order valence-corrected chi connectivity index (χ0v) is 12.1. The lowest BCUT2D eigenvalue weighted by molar-refractivity contribution is 0.342. The van der Waals surface area contributed by atoms with Gasteiger partial charge in [-0.3, -0.25) is 0 Å². The first-order valence-electron chi connectivity index (χ1n) is 7.02. The third-order valence-corrected chi connectivity index (χ3v) is 3.33. The van der Waals surface area contributed by atoms with Crippen LogP contribution >= 0.6 is 0 Å². The number of nitrogens with two attached hydrogens (primary N) is 1. The maximum atomic E-state index is 6.11. The highest BCUT2D eigenvalue weighted by molar-refractivity contribution is 5.73. The third-order valence-electron chi connectivity index (χ3n) is 3.33. The van der Waals surface area contributed by atoms with Crippen LogP contribution in [0.1, 0.15) is 25.3 Å². The summed E-state index contributed by atoms with van der Waals surface area (Å²) in [4.78, 5) is 0. The molecular formula is C17H22N2O. The molecule has 0 fully saturated rings. The van der Waals surface area contributed by atoms with Gasteiger partial charge in [0.1, 0.15) is 5.75 Å². The van der Waals surface area contributed by atoms with Gasteiger partial charge in [0.2, 0.25) is 0 Å². The van der Waals surface area contributed by atoms with Crippen LogP contribution in [-0.4, -0.2) is 13.2 Å². The van der Waals surface area contributed by atoms with Gasteiger partial charge in [-0.15, -0.1) is 0 Å². The van der Waals surface area contributed by atoms with Crippen molar-refractivity contribution >= 4 is 11.4 Å². The van der Waals surface area contributed by atoms with E-state index in [1.54, 1.807) is 0 Å². The lowest BCUT2D eigenvalue weighted by Crippen LogP contribution is -2.11. The lowest BCUT2D eigenvalue weighted by Gasteiger charge is -2.16. The molecule has 0 aromatic heterocycles. The van der Waals surface area contributed by atoms with Gasteiger partial charge in [0, 0.05) is 6.54 Å². The van der Waals surface area contributed by atoms with E-state index < -0.39 is 0 Å². The van der Waals surface area contributed by atoms with E-state index in [0.29, 0.717) is 18.2 Å². The average molecular weight is 270 g/mol. The fourth-order valence-corrected chi connectivity index (χ4v) is 2.14. The van der Waals surface area contributed by atoms with E-state index in [1.807, 2.05) is 31.2 Å². The summed E-state index contributed by atoms with van der Waals surface area (Å²) >= 11 is 0. The minimum absolute atomic E-state index is 0.423. The van der Waals surface area contributed by atoms with Crippen LogP contribution in [0.25, 0.3) is 0 Å². The fraction of sp³-hybridized carbons (Fsp3) is 0.294. The topological polar surface area (TPSA) is 47.3 Å². The largest absolute Gasteiger partial charge is 0.492 e. The molecule has 3 nitrogen and oxygen atoms in total. The number of hydrogen-bond donors (Lipinski definition) is 2. The first kappa shape index (κ1) is 14.3. The molecule has 1 atom stereocenters. The van der Waals surface area contributed by atoms with Gasteiger partial charge < -0.3 is 15.8 Å². The van der Waals surface area contributed by atoms with Crippen LogP contribution in [0, 0.1) is 0 Å². The van der Waals surface area contributed by atoms with Crippen molar-refractivity contribution in [1.82, 2.24) is 0 Å². The van der Waals surface area contributed by atoms with E-state index in [9.17, 15) is 0 Å². The zero-order chi connectivity index (χ0) is 14.4. The normalized spacial score (nSPS) is 11.9. The molecule has 0 saturated heterocycles. The van der Waals surface area contributed by atoms with Crippen molar-refractivity contribution in [2.24, 2.45) is 0 Å². The second-order valence-corrected chi connectivity index (χ2v) is 4.84. The number of anilines is 2. The van der Waals surface area contributed by atoms with Crippen molar-refractivity contribution in [2.45, 2.75) is 19.8 Å². The molecule has 0 saturated carbocycles. The molecule has 2 aromatic carbocycles. The standard InChI is InChI=1S/C17H22N2O/c1-3-20-16-11-7-10-15(17(16)18)19-12-13(2)14-8-5-4-6-9-14/h4-11,13,19H,3,12,18H2,1-2H3. The van der Waals surface area contributed by atoms with Gasteiger partial charge in [-0.25, -0.2) is 0 Å². The maximum absolute atomic E-state index is 6.11. The number of hydrogen-bond acceptors (Lipinski definition) is 3. The Balaban J connectivity index is 2.02. The highest BCUT2D eigenvalue weighted by Crippen LogP contribution is 2.30. The number of para-hydroxylation sites is 1. The Kier molecular flexibility index (Phi) is 4.88. The minimum atomic E-state index is 0.423. The van der Waals surface area contributed by atoms with Crippen molar-refractivity contribution < 1.29 is 4.74 Å². The Labute approximate surface area is 120 Å². The SMILES string of the molecule is CCOc1cccc(NCC(C)c2ccccc2)c1N. The first-order chi connectivity index (χ1) is 9.72. The van der Waals surface area contributed by atoms with Gasteiger partial charge in [0.15, 0.2) is 0 Å². The van der Waals surface area contributed by atoms with Crippen LogP contribution in [0.15, 0.2) is 48.5 Å². The first-order valence-corrected chi connectivity index (χ1v) is 7.02. The van der Waals surface area contributed by atoms with E-state index in [4.69, 9.17) is 10.5 Å². The number of nitrogen functional groups attached to an aromatic ring is 1. The summed E-state index contributed by atoms with van der Waals surface area (Å²) in [5.41, 5.74) is 9.03. The van der Waals surface area contributed by atoms with Gasteiger partial charge in [0.05, 0.1) is 18.0 Å². The van der Waals surface area contributed by atoms with Gasteiger partial charge in [-0.2, -0.15) is 0 Å². The third kappa shape index (κ3) is 3.44. The van der Waals surface area contributed by atoms with Crippen molar-refractivity contribution in [3.05, 3.63) is 54.1 Å².